The Morgan fingerprint density at radius 2 is 2.50 bits per heavy atom. The smallest absolute Gasteiger partial charge is 0.338 e. The quantitative estimate of drug-likeness (QED) is 0.428. The molecule has 0 fully saturated rings. The number of carbonyl (C=O) groups is 1. The van der Waals surface area contributed by atoms with Gasteiger partial charge in [-0.05, 0) is 13.0 Å². The number of halogens is 1. The van der Waals surface area contributed by atoms with E-state index >= 15 is 0 Å². The average Bonchev–Trinajstić information content (AvgIpc) is 2.19. The molecule has 0 saturated heterocycles. The molecule has 0 atom stereocenters. The zero-order valence-corrected chi connectivity index (χ0v) is 8.21. The van der Waals surface area contributed by atoms with E-state index in [-0.39, 0.29) is 23.0 Å². The van der Waals surface area contributed by atoms with Crippen LogP contribution in [0.2, 0.25) is 5.15 Å². The van der Waals surface area contributed by atoms with Gasteiger partial charge in [0.15, 0.2) is 0 Å². The number of pyridine rings is 1. The number of hydrogen-bond donors (Lipinski definition) is 0. The molecule has 1 aromatic heterocycles. The number of hydrogen-bond acceptors (Lipinski definition) is 3. The van der Waals surface area contributed by atoms with Gasteiger partial charge in [-0.1, -0.05) is 11.6 Å². The van der Waals surface area contributed by atoms with Gasteiger partial charge in [-0.3, -0.25) is 4.98 Å². The summed E-state index contributed by atoms with van der Waals surface area (Å²) in [6.45, 7) is 8.76. The molecule has 1 heterocycles. The first-order valence-corrected chi connectivity index (χ1v) is 4.27. The van der Waals surface area contributed by atoms with Crippen molar-refractivity contribution in [3.05, 3.63) is 34.4 Å². The van der Waals surface area contributed by atoms with Crippen molar-refractivity contribution in [2.75, 3.05) is 6.61 Å². The van der Waals surface area contributed by atoms with Crippen molar-refractivity contribution in [2.24, 2.45) is 0 Å². The van der Waals surface area contributed by atoms with Crippen molar-refractivity contribution < 1.29 is 9.53 Å². The third kappa shape index (κ3) is 2.21. The van der Waals surface area contributed by atoms with E-state index in [2.05, 4.69) is 9.83 Å². The molecular weight excluding hydrogens is 204 g/mol. The SMILES string of the molecule is [C-]#[N+]c1cc(C(=O)OCC)cnc1Cl. The summed E-state index contributed by atoms with van der Waals surface area (Å²) in [5.74, 6) is -0.499. The first-order chi connectivity index (χ1) is 6.69. The lowest BCUT2D eigenvalue weighted by Crippen LogP contribution is -2.04. The van der Waals surface area contributed by atoms with Crippen LogP contribution in [0, 0.1) is 6.57 Å². The Hall–Kier alpha value is -1.60. The highest BCUT2D eigenvalue weighted by Crippen LogP contribution is 2.23. The largest absolute Gasteiger partial charge is 0.462 e. The van der Waals surface area contributed by atoms with Crippen molar-refractivity contribution in [2.45, 2.75) is 6.92 Å². The minimum Gasteiger partial charge on any atom is -0.462 e. The van der Waals surface area contributed by atoms with Crippen LogP contribution in [0.15, 0.2) is 12.3 Å². The van der Waals surface area contributed by atoms with Crippen molar-refractivity contribution in [3.8, 4) is 0 Å². The van der Waals surface area contributed by atoms with Crippen LogP contribution in [-0.2, 0) is 4.74 Å². The zero-order chi connectivity index (χ0) is 10.6. The second-order valence-corrected chi connectivity index (χ2v) is 2.72. The summed E-state index contributed by atoms with van der Waals surface area (Å²) >= 11 is 5.60. The highest BCUT2D eigenvalue weighted by molar-refractivity contribution is 6.32. The molecular formula is C9H7ClN2O2. The van der Waals surface area contributed by atoms with Gasteiger partial charge >= 0.3 is 5.97 Å². The fourth-order valence-corrected chi connectivity index (χ4v) is 0.987. The topological polar surface area (TPSA) is 43.5 Å². The Labute approximate surface area is 86.3 Å². The summed E-state index contributed by atoms with van der Waals surface area (Å²) in [5, 5.41) is 0.0908. The van der Waals surface area contributed by atoms with Gasteiger partial charge in [0, 0.05) is 6.20 Å². The van der Waals surface area contributed by atoms with Gasteiger partial charge in [0.05, 0.1) is 18.7 Å². The van der Waals surface area contributed by atoms with Gasteiger partial charge in [0.1, 0.15) is 5.15 Å². The molecule has 0 unspecified atom stereocenters. The van der Waals surface area contributed by atoms with Crippen molar-refractivity contribution in [1.82, 2.24) is 4.98 Å². The molecule has 0 N–H and O–H groups in total. The number of carbonyl (C=O) groups excluding carboxylic acids is 1. The van der Waals surface area contributed by atoms with Crippen molar-refractivity contribution in [3.63, 3.8) is 0 Å². The molecule has 0 saturated carbocycles. The van der Waals surface area contributed by atoms with E-state index in [9.17, 15) is 4.79 Å². The summed E-state index contributed by atoms with van der Waals surface area (Å²) in [6, 6.07) is 1.36. The second-order valence-electron chi connectivity index (χ2n) is 2.37. The molecule has 0 aliphatic heterocycles. The molecule has 14 heavy (non-hydrogen) atoms. The van der Waals surface area contributed by atoms with Gasteiger partial charge in [-0.2, -0.15) is 0 Å². The maximum atomic E-state index is 11.2. The Bertz CT molecular complexity index is 398. The summed E-state index contributed by atoms with van der Waals surface area (Å²) in [6.07, 6.45) is 1.29. The third-order valence-corrected chi connectivity index (χ3v) is 1.74. The predicted molar refractivity (Wildman–Crippen MR) is 51.5 cm³/mol. The van der Waals surface area contributed by atoms with E-state index in [1.165, 1.54) is 12.3 Å². The molecule has 0 radical (unpaired) electrons. The van der Waals surface area contributed by atoms with E-state index in [0.29, 0.717) is 0 Å². The predicted octanol–water partition coefficient (Wildman–Crippen LogP) is 2.46. The average molecular weight is 211 g/mol. The highest BCUT2D eigenvalue weighted by Gasteiger charge is 2.10. The van der Waals surface area contributed by atoms with Crippen LogP contribution in [0.5, 0.6) is 0 Å². The van der Waals surface area contributed by atoms with Gasteiger partial charge in [-0.25, -0.2) is 9.64 Å². The zero-order valence-electron chi connectivity index (χ0n) is 7.45. The molecule has 0 aliphatic rings. The monoisotopic (exact) mass is 210 g/mol. The standard InChI is InChI=1S/C9H7ClN2O2/c1-3-14-9(13)6-4-7(11-2)8(10)12-5-6/h4-5H,3H2,1H3. The van der Waals surface area contributed by atoms with Crippen molar-refractivity contribution in [1.29, 1.82) is 0 Å². The van der Waals surface area contributed by atoms with Crippen LogP contribution in [0.3, 0.4) is 0 Å². The number of aromatic nitrogens is 1. The van der Waals surface area contributed by atoms with E-state index in [0.717, 1.165) is 0 Å². The second kappa shape index (κ2) is 4.58. The van der Waals surface area contributed by atoms with Gasteiger partial charge in [-0.15, -0.1) is 0 Å². The van der Waals surface area contributed by atoms with Crippen LogP contribution in [-0.4, -0.2) is 17.6 Å². The molecule has 1 aromatic rings. The highest BCUT2D eigenvalue weighted by atomic mass is 35.5. The van der Waals surface area contributed by atoms with E-state index in [1.54, 1.807) is 6.92 Å². The van der Waals surface area contributed by atoms with Gasteiger partial charge in [0.2, 0.25) is 5.69 Å². The molecule has 0 aromatic carbocycles. The summed E-state index contributed by atoms with van der Waals surface area (Å²) in [7, 11) is 0. The first kappa shape index (κ1) is 10.5. The van der Waals surface area contributed by atoms with Crippen LogP contribution >= 0.6 is 11.6 Å². The Morgan fingerprint density at radius 3 is 3.07 bits per heavy atom. The lowest BCUT2D eigenvalue weighted by molar-refractivity contribution is 0.0526. The normalized spacial score (nSPS) is 9.21. The van der Waals surface area contributed by atoms with E-state index in [4.69, 9.17) is 22.9 Å². The molecule has 72 valence electrons. The molecule has 4 nitrogen and oxygen atoms in total. The minimum atomic E-state index is -0.499. The van der Waals surface area contributed by atoms with E-state index < -0.39 is 5.97 Å². The summed E-state index contributed by atoms with van der Waals surface area (Å²) in [4.78, 5) is 18.0. The summed E-state index contributed by atoms with van der Waals surface area (Å²) in [5.41, 5.74) is 0.388. The first-order valence-electron chi connectivity index (χ1n) is 3.89. The van der Waals surface area contributed by atoms with Gasteiger partial charge < -0.3 is 4.74 Å². The van der Waals surface area contributed by atoms with E-state index in [1.807, 2.05) is 0 Å². The molecule has 0 amide bonds. The van der Waals surface area contributed by atoms with Gasteiger partial charge in [0.25, 0.3) is 0 Å². The van der Waals surface area contributed by atoms with Crippen LogP contribution in [0.4, 0.5) is 5.69 Å². The van der Waals surface area contributed by atoms with Crippen molar-refractivity contribution >= 4 is 23.3 Å². The molecule has 5 heteroatoms. The Balaban J connectivity index is 3.02. The van der Waals surface area contributed by atoms with Crippen LogP contribution in [0.25, 0.3) is 4.85 Å². The fraction of sp³-hybridized carbons (Fsp3) is 0.222. The minimum absolute atomic E-state index is 0.0908. The van der Waals surface area contributed by atoms with Crippen LogP contribution in [0.1, 0.15) is 17.3 Å². The fourth-order valence-electron chi connectivity index (χ4n) is 0.841. The Morgan fingerprint density at radius 1 is 1.79 bits per heavy atom. The number of rotatable bonds is 2. The molecule has 1 rings (SSSR count). The Kier molecular flexibility index (Phi) is 3.43. The number of esters is 1. The number of nitrogens with zero attached hydrogens (tertiary/aromatic N) is 2. The van der Waals surface area contributed by atoms with Crippen LogP contribution < -0.4 is 0 Å². The number of ether oxygens (including phenoxy) is 1. The maximum Gasteiger partial charge on any atom is 0.338 e. The molecule has 0 bridgehead atoms. The lowest BCUT2D eigenvalue weighted by atomic mass is 10.3. The molecule has 0 aliphatic carbocycles. The maximum absolute atomic E-state index is 11.2. The third-order valence-electron chi connectivity index (χ3n) is 1.45. The summed E-state index contributed by atoms with van der Waals surface area (Å²) < 4.78 is 4.74. The lowest BCUT2D eigenvalue weighted by Gasteiger charge is -2.01. The molecule has 0 spiro atoms.